The Bertz CT molecular complexity index is 429. The summed E-state index contributed by atoms with van der Waals surface area (Å²) < 4.78 is 5.90. The molecule has 0 aromatic heterocycles. The van der Waals surface area contributed by atoms with E-state index in [0.717, 1.165) is 23.6 Å². The Morgan fingerprint density at radius 3 is 2.35 bits per heavy atom. The van der Waals surface area contributed by atoms with E-state index in [1.54, 1.807) is 0 Å². The van der Waals surface area contributed by atoms with Gasteiger partial charge in [-0.25, -0.2) is 0 Å². The SMILES string of the molecule is CCOc1c(CC(C)CC(C)N)cc(Cl)cc1C(C)C. The smallest absolute Gasteiger partial charge is 0.126 e. The Labute approximate surface area is 128 Å². The maximum Gasteiger partial charge on any atom is 0.126 e. The summed E-state index contributed by atoms with van der Waals surface area (Å²) in [6.07, 6.45) is 1.96. The summed E-state index contributed by atoms with van der Waals surface area (Å²) in [4.78, 5) is 0. The van der Waals surface area contributed by atoms with Gasteiger partial charge in [-0.05, 0) is 61.8 Å². The topological polar surface area (TPSA) is 35.2 Å². The molecule has 0 bridgehead atoms. The van der Waals surface area contributed by atoms with Crippen LogP contribution < -0.4 is 10.5 Å². The molecular weight excluding hydrogens is 270 g/mol. The molecule has 2 atom stereocenters. The Hall–Kier alpha value is -0.730. The van der Waals surface area contributed by atoms with Crippen LogP contribution in [0.15, 0.2) is 12.1 Å². The highest BCUT2D eigenvalue weighted by atomic mass is 35.5. The van der Waals surface area contributed by atoms with Crippen LogP contribution in [-0.4, -0.2) is 12.6 Å². The summed E-state index contributed by atoms with van der Waals surface area (Å²) in [6, 6.07) is 4.29. The van der Waals surface area contributed by atoms with Gasteiger partial charge in [-0.3, -0.25) is 0 Å². The van der Waals surface area contributed by atoms with Crippen LogP contribution in [-0.2, 0) is 6.42 Å². The van der Waals surface area contributed by atoms with Crippen molar-refractivity contribution in [3.8, 4) is 5.75 Å². The molecule has 0 aliphatic rings. The molecule has 0 heterocycles. The Balaban J connectivity index is 3.09. The largest absolute Gasteiger partial charge is 0.493 e. The zero-order valence-electron chi connectivity index (χ0n) is 13.4. The van der Waals surface area contributed by atoms with E-state index in [4.69, 9.17) is 22.1 Å². The van der Waals surface area contributed by atoms with Gasteiger partial charge < -0.3 is 10.5 Å². The number of ether oxygens (including phenoxy) is 1. The Morgan fingerprint density at radius 2 is 1.85 bits per heavy atom. The average Bonchev–Trinajstić information content (AvgIpc) is 2.30. The second-order valence-corrected chi connectivity index (χ2v) is 6.53. The van der Waals surface area contributed by atoms with Crippen molar-refractivity contribution in [2.75, 3.05) is 6.61 Å². The molecule has 20 heavy (non-hydrogen) atoms. The van der Waals surface area contributed by atoms with Crippen LogP contribution in [0, 0.1) is 5.92 Å². The van der Waals surface area contributed by atoms with Gasteiger partial charge in [0.2, 0.25) is 0 Å². The van der Waals surface area contributed by atoms with Crippen LogP contribution in [0.2, 0.25) is 5.02 Å². The van der Waals surface area contributed by atoms with Gasteiger partial charge in [-0.2, -0.15) is 0 Å². The normalized spacial score (nSPS) is 14.4. The highest BCUT2D eigenvalue weighted by Crippen LogP contribution is 2.35. The summed E-state index contributed by atoms with van der Waals surface area (Å²) in [5.41, 5.74) is 8.30. The molecule has 3 heteroatoms. The lowest BCUT2D eigenvalue weighted by Gasteiger charge is -2.21. The lowest BCUT2D eigenvalue weighted by molar-refractivity contribution is 0.328. The maximum atomic E-state index is 6.28. The molecule has 1 aromatic rings. The van der Waals surface area contributed by atoms with Gasteiger partial charge in [0.05, 0.1) is 6.61 Å². The minimum Gasteiger partial charge on any atom is -0.493 e. The zero-order chi connectivity index (χ0) is 15.3. The van der Waals surface area contributed by atoms with Gasteiger partial charge in [0.1, 0.15) is 5.75 Å². The first-order chi connectivity index (χ1) is 9.35. The van der Waals surface area contributed by atoms with Gasteiger partial charge in [0.15, 0.2) is 0 Å². The second kappa shape index (κ2) is 7.90. The minimum absolute atomic E-state index is 0.226. The van der Waals surface area contributed by atoms with Gasteiger partial charge in [0.25, 0.3) is 0 Å². The van der Waals surface area contributed by atoms with Crippen molar-refractivity contribution < 1.29 is 4.74 Å². The third-order valence-electron chi connectivity index (χ3n) is 3.41. The third kappa shape index (κ3) is 4.99. The van der Waals surface area contributed by atoms with Crippen LogP contribution in [0.1, 0.15) is 58.1 Å². The van der Waals surface area contributed by atoms with Crippen molar-refractivity contribution in [3.05, 3.63) is 28.3 Å². The van der Waals surface area contributed by atoms with E-state index >= 15 is 0 Å². The predicted octanol–water partition coefficient (Wildman–Crippen LogP) is 4.78. The molecule has 0 radical (unpaired) electrons. The van der Waals surface area contributed by atoms with Crippen molar-refractivity contribution in [2.24, 2.45) is 11.7 Å². The lowest BCUT2D eigenvalue weighted by atomic mass is 9.91. The minimum atomic E-state index is 0.226. The summed E-state index contributed by atoms with van der Waals surface area (Å²) in [6.45, 7) is 11.3. The van der Waals surface area contributed by atoms with E-state index in [9.17, 15) is 0 Å². The van der Waals surface area contributed by atoms with E-state index in [1.165, 1.54) is 11.1 Å². The van der Waals surface area contributed by atoms with Crippen LogP contribution in [0.4, 0.5) is 0 Å². The predicted molar refractivity (Wildman–Crippen MR) is 87.8 cm³/mol. The first-order valence-electron chi connectivity index (χ1n) is 7.55. The highest BCUT2D eigenvalue weighted by molar-refractivity contribution is 6.30. The fourth-order valence-electron chi connectivity index (χ4n) is 2.67. The van der Waals surface area contributed by atoms with Gasteiger partial charge in [-0.15, -0.1) is 0 Å². The standard InChI is InChI=1S/C17H28ClNO/c1-6-20-17-14(8-12(4)7-13(5)19)9-15(18)10-16(17)11(2)3/h9-13H,6-8,19H2,1-5H3. The molecule has 2 nitrogen and oxygen atoms in total. The third-order valence-corrected chi connectivity index (χ3v) is 3.63. The van der Waals surface area contributed by atoms with Crippen molar-refractivity contribution >= 4 is 11.6 Å². The van der Waals surface area contributed by atoms with E-state index < -0.39 is 0 Å². The molecule has 0 aliphatic heterocycles. The van der Waals surface area contributed by atoms with Gasteiger partial charge in [0, 0.05) is 11.1 Å². The van der Waals surface area contributed by atoms with Crippen molar-refractivity contribution in [3.63, 3.8) is 0 Å². The van der Waals surface area contributed by atoms with Crippen LogP contribution in [0.25, 0.3) is 0 Å². The molecule has 0 fully saturated rings. The molecule has 2 unspecified atom stereocenters. The first kappa shape index (κ1) is 17.3. The summed E-state index contributed by atoms with van der Waals surface area (Å²) in [5.74, 6) is 1.94. The molecule has 1 aromatic carbocycles. The summed E-state index contributed by atoms with van der Waals surface area (Å²) in [7, 11) is 0. The van der Waals surface area contributed by atoms with E-state index in [1.807, 2.05) is 19.1 Å². The quantitative estimate of drug-likeness (QED) is 0.786. The zero-order valence-corrected chi connectivity index (χ0v) is 14.1. The Kier molecular flexibility index (Phi) is 6.84. The van der Waals surface area contributed by atoms with Crippen molar-refractivity contribution in [1.29, 1.82) is 0 Å². The van der Waals surface area contributed by atoms with E-state index in [-0.39, 0.29) is 6.04 Å². The van der Waals surface area contributed by atoms with Gasteiger partial charge in [-0.1, -0.05) is 32.4 Å². The molecule has 0 spiro atoms. The summed E-state index contributed by atoms with van der Waals surface area (Å²) >= 11 is 6.28. The lowest BCUT2D eigenvalue weighted by Crippen LogP contribution is -2.19. The fourth-order valence-corrected chi connectivity index (χ4v) is 2.92. The number of nitrogens with two attached hydrogens (primary N) is 1. The fraction of sp³-hybridized carbons (Fsp3) is 0.647. The molecule has 1 rings (SSSR count). The van der Waals surface area contributed by atoms with Crippen LogP contribution in [0.5, 0.6) is 5.75 Å². The molecule has 0 saturated heterocycles. The molecule has 0 saturated carbocycles. The molecular formula is C17H28ClNO. The van der Waals surface area contributed by atoms with E-state index in [0.29, 0.717) is 18.4 Å². The number of halogens is 1. The van der Waals surface area contributed by atoms with Gasteiger partial charge >= 0.3 is 0 Å². The van der Waals surface area contributed by atoms with E-state index in [2.05, 4.69) is 27.7 Å². The molecule has 0 aliphatic carbocycles. The monoisotopic (exact) mass is 297 g/mol. The molecule has 114 valence electrons. The first-order valence-corrected chi connectivity index (χ1v) is 7.93. The number of rotatable bonds is 7. The Morgan fingerprint density at radius 1 is 1.20 bits per heavy atom. The average molecular weight is 298 g/mol. The number of hydrogen-bond acceptors (Lipinski definition) is 2. The van der Waals surface area contributed by atoms with Crippen molar-refractivity contribution in [2.45, 2.75) is 59.4 Å². The maximum absolute atomic E-state index is 6.28. The molecule has 2 N–H and O–H groups in total. The van der Waals surface area contributed by atoms with Crippen molar-refractivity contribution in [1.82, 2.24) is 0 Å². The second-order valence-electron chi connectivity index (χ2n) is 6.09. The number of hydrogen-bond donors (Lipinski definition) is 1. The number of benzene rings is 1. The molecule has 0 amide bonds. The van der Waals surface area contributed by atoms with Crippen LogP contribution >= 0.6 is 11.6 Å². The summed E-state index contributed by atoms with van der Waals surface area (Å²) in [5, 5.41) is 0.792. The highest BCUT2D eigenvalue weighted by Gasteiger charge is 2.17. The van der Waals surface area contributed by atoms with Crippen LogP contribution in [0.3, 0.4) is 0 Å².